The van der Waals surface area contributed by atoms with E-state index in [4.69, 9.17) is 29.2 Å². The highest BCUT2D eigenvalue weighted by molar-refractivity contribution is 8.00. The summed E-state index contributed by atoms with van der Waals surface area (Å²) in [6.07, 6.45) is 0.313. The van der Waals surface area contributed by atoms with E-state index in [2.05, 4.69) is 10.5 Å². The second-order valence-corrected chi connectivity index (χ2v) is 8.24. The van der Waals surface area contributed by atoms with Crippen molar-refractivity contribution in [1.29, 1.82) is 0 Å². The zero-order valence-electron chi connectivity index (χ0n) is 18.8. The van der Waals surface area contributed by atoms with Crippen molar-refractivity contribution in [2.75, 3.05) is 19.5 Å². The molecule has 3 N–H and O–H groups in total. The molecule has 2 aliphatic rings. The van der Waals surface area contributed by atoms with Gasteiger partial charge in [0.1, 0.15) is 30.8 Å². The topological polar surface area (TPSA) is 189 Å². The van der Waals surface area contributed by atoms with E-state index in [9.17, 15) is 24.0 Å². The number of nitrogens with two attached hydrogens (primary N) is 1. The van der Waals surface area contributed by atoms with E-state index < -0.39 is 47.6 Å². The fourth-order valence-corrected chi connectivity index (χ4v) is 4.66. The molecule has 188 valence electrons. The summed E-state index contributed by atoms with van der Waals surface area (Å²) in [4.78, 5) is 66.7. The van der Waals surface area contributed by atoms with E-state index >= 15 is 0 Å². The first-order valence-electron chi connectivity index (χ1n) is 10.1. The number of carbonyl (C=O) groups excluding carboxylic acids is 5. The highest BCUT2D eigenvalue weighted by atomic mass is 32.2. The summed E-state index contributed by atoms with van der Waals surface area (Å²) in [5.41, 5.74) is 5.30. The van der Waals surface area contributed by atoms with E-state index in [0.29, 0.717) is 5.56 Å². The summed E-state index contributed by atoms with van der Waals surface area (Å²) >= 11 is 1.22. The Morgan fingerprint density at radius 3 is 2.69 bits per heavy atom. The van der Waals surface area contributed by atoms with Gasteiger partial charge in [-0.1, -0.05) is 5.16 Å². The Labute approximate surface area is 202 Å². The number of nitrogens with zero attached hydrogens (tertiary/aromatic N) is 2. The number of furan rings is 1. The number of primary amides is 1. The quantitative estimate of drug-likeness (QED) is 0.147. The first-order valence-corrected chi connectivity index (χ1v) is 11.1. The van der Waals surface area contributed by atoms with Crippen LogP contribution in [0.3, 0.4) is 0 Å². The molecule has 3 unspecified atom stereocenters. The number of rotatable bonds is 9. The predicted octanol–water partition coefficient (Wildman–Crippen LogP) is -0.168. The molecule has 0 saturated carbocycles. The van der Waals surface area contributed by atoms with Crippen molar-refractivity contribution in [3.63, 3.8) is 0 Å². The second kappa shape index (κ2) is 10.9. The van der Waals surface area contributed by atoms with Crippen LogP contribution >= 0.6 is 11.8 Å². The minimum atomic E-state index is -1.24. The van der Waals surface area contributed by atoms with Crippen molar-refractivity contribution in [2.45, 2.75) is 31.6 Å². The van der Waals surface area contributed by atoms with Gasteiger partial charge in [0.2, 0.25) is 6.29 Å². The molecule has 0 bridgehead atoms. The molecular formula is C20H22N4O10S. The Morgan fingerprint density at radius 2 is 2.09 bits per heavy atom. The van der Waals surface area contributed by atoms with Gasteiger partial charge in [-0.2, -0.15) is 0 Å². The summed E-state index contributed by atoms with van der Waals surface area (Å²) in [7, 11) is 1.26. The maximum Gasteiger partial charge on any atom is 0.404 e. The fourth-order valence-electron chi connectivity index (χ4n) is 3.33. The molecule has 0 radical (unpaired) electrons. The first-order chi connectivity index (χ1) is 16.6. The highest BCUT2D eigenvalue weighted by Crippen LogP contribution is 2.41. The van der Waals surface area contributed by atoms with Crippen LogP contribution in [0.15, 0.2) is 39.4 Å². The fraction of sp³-hybridized carbons (Fsp3) is 0.400. The van der Waals surface area contributed by atoms with E-state index in [-0.39, 0.29) is 29.3 Å². The maximum atomic E-state index is 13.0. The van der Waals surface area contributed by atoms with Gasteiger partial charge in [0.15, 0.2) is 5.71 Å². The van der Waals surface area contributed by atoms with Crippen LogP contribution in [0.25, 0.3) is 0 Å². The Morgan fingerprint density at radius 1 is 1.34 bits per heavy atom. The Bertz CT molecular complexity index is 1080. The Hall–Kier alpha value is -4.01. The predicted molar refractivity (Wildman–Crippen MR) is 117 cm³/mol. The molecule has 1 aromatic heterocycles. The molecule has 1 aromatic rings. The molecule has 0 aromatic carbocycles. The van der Waals surface area contributed by atoms with Crippen molar-refractivity contribution in [1.82, 2.24) is 10.2 Å². The molecule has 2 aliphatic heterocycles. The average molecular weight is 510 g/mol. The lowest BCUT2D eigenvalue weighted by atomic mass is 10.0. The SMILES string of the molecule is CON=C(C(=O)NC1C(=O)N2C(C(=O)OC(C)OC(C)=O)=C(COC(N)=O)CSC12)c1ccoc1. The highest BCUT2D eigenvalue weighted by Gasteiger charge is 2.55. The van der Waals surface area contributed by atoms with Crippen LogP contribution in [-0.4, -0.2) is 77.6 Å². The zero-order valence-corrected chi connectivity index (χ0v) is 19.7. The lowest BCUT2D eigenvalue weighted by Gasteiger charge is -2.49. The molecule has 14 nitrogen and oxygen atoms in total. The number of hydrogen-bond donors (Lipinski definition) is 2. The molecule has 3 rings (SSSR count). The van der Waals surface area contributed by atoms with Gasteiger partial charge in [-0.25, -0.2) is 9.59 Å². The molecule has 1 saturated heterocycles. The van der Waals surface area contributed by atoms with Gasteiger partial charge in [0.05, 0.1) is 12.5 Å². The average Bonchev–Trinajstić information content (AvgIpc) is 3.32. The van der Waals surface area contributed by atoms with Crippen molar-refractivity contribution in [3.8, 4) is 0 Å². The molecule has 3 heterocycles. The third kappa shape index (κ3) is 5.74. The van der Waals surface area contributed by atoms with Crippen LogP contribution in [0.4, 0.5) is 4.79 Å². The van der Waals surface area contributed by atoms with Crippen LogP contribution in [0.1, 0.15) is 19.4 Å². The largest absolute Gasteiger partial charge is 0.472 e. The maximum absolute atomic E-state index is 13.0. The number of carbonyl (C=O) groups is 5. The Balaban J connectivity index is 1.80. The lowest BCUT2D eigenvalue weighted by Crippen LogP contribution is -2.71. The van der Waals surface area contributed by atoms with Crippen LogP contribution in [0, 0.1) is 0 Å². The van der Waals surface area contributed by atoms with E-state index in [1.54, 1.807) is 0 Å². The monoisotopic (exact) mass is 510 g/mol. The zero-order chi connectivity index (χ0) is 25.7. The summed E-state index contributed by atoms with van der Waals surface area (Å²) in [5.74, 6) is -2.83. The van der Waals surface area contributed by atoms with Gasteiger partial charge in [-0.05, 0) is 6.07 Å². The standard InChI is InChI=1S/C20H22N4O10S/c1-9(25)33-10(2)34-19(28)15-12(7-32-20(21)29)8-35-18-14(17(27)24(15)18)22-16(26)13(23-30-3)11-4-5-31-6-11/h4-6,10,14,18H,7-8H2,1-3H3,(H2,21,29)(H,22,26). The molecule has 1 fully saturated rings. The number of β-lactam (4-membered cyclic amide) rings is 1. The second-order valence-electron chi connectivity index (χ2n) is 7.14. The van der Waals surface area contributed by atoms with Gasteiger partial charge in [0.25, 0.3) is 11.8 Å². The molecular weight excluding hydrogens is 488 g/mol. The number of thioether (sulfide) groups is 1. The molecule has 15 heteroatoms. The van der Waals surface area contributed by atoms with Crippen LogP contribution in [-0.2, 0) is 38.2 Å². The summed E-state index contributed by atoms with van der Waals surface area (Å²) < 4.78 is 19.7. The van der Waals surface area contributed by atoms with Crippen LogP contribution in [0.2, 0.25) is 0 Å². The number of hydrogen-bond acceptors (Lipinski definition) is 12. The third-order valence-electron chi connectivity index (χ3n) is 4.71. The molecule has 0 aliphatic carbocycles. The van der Waals surface area contributed by atoms with E-state index in [1.807, 2.05) is 0 Å². The van der Waals surface area contributed by atoms with Crippen molar-refractivity contribution >= 4 is 47.3 Å². The van der Waals surface area contributed by atoms with Gasteiger partial charge >= 0.3 is 18.0 Å². The van der Waals surface area contributed by atoms with E-state index in [0.717, 1.165) is 11.8 Å². The normalized spacial score (nSPS) is 20.3. The molecule has 3 amide bonds. The van der Waals surface area contributed by atoms with Gasteiger partial charge < -0.3 is 34.5 Å². The minimum absolute atomic E-state index is 0.116. The number of esters is 2. The summed E-state index contributed by atoms with van der Waals surface area (Å²) in [6.45, 7) is 2.09. The van der Waals surface area contributed by atoms with Gasteiger partial charge in [-0.15, -0.1) is 11.8 Å². The van der Waals surface area contributed by atoms with Crippen LogP contribution in [0.5, 0.6) is 0 Å². The smallest absolute Gasteiger partial charge is 0.404 e. The van der Waals surface area contributed by atoms with Gasteiger partial charge in [-0.3, -0.25) is 19.3 Å². The Kier molecular flexibility index (Phi) is 8.01. The van der Waals surface area contributed by atoms with Gasteiger partial charge in [0, 0.05) is 30.7 Å². The lowest BCUT2D eigenvalue weighted by molar-refractivity contribution is -0.182. The number of nitrogens with one attached hydrogen (secondary N) is 1. The third-order valence-corrected chi connectivity index (χ3v) is 6.05. The molecule has 0 spiro atoms. The van der Waals surface area contributed by atoms with Crippen molar-refractivity contribution < 1.29 is 47.4 Å². The summed E-state index contributed by atoms with van der Waals surface area (Å²) in [6, 6.07) is 0.488. The van der Waals surface area contributed by atoms with Crippen molar-refractivity contribution in [3.05, 3.63) is 35.4 Å². The minimum Gasteiger partial charge on any atom is -0.472 e. The van der Waals surface area contributed by atoms with Crippen molar-refractivity contribution in [2.24, 2.45) is 10.9 Å². The molecule has 35 heavy (non-hydrogen) atoms. The number of ether oxygens (including phenoxy) is 3. The van der Waals surface area contributed by atoms with Crippen LogP contribution < -0.4 is 11.1 Å². The number of amides is 3. The first kappa shape index (κ1) is 25.6. The number of fused-ring (bicyclic) bond motifs is 1. The summed E-state index contributed by atoms with van der Waals surface area (Å²) in [5, 5.41) is 5.59. The molecule has 3 atom stereocenters. The van der Waals surface area contributed by atoms with E-state index in [1.165, 1.54) is 44.4 Å². The number of oxime groups is 1.